The van der Waals surface area contributed by atoms with Gasteiger partial charge in [-0.25, -0.2) is 0 Å². The Bertz CT molecular complexity index is 1000. The minimum absolute atomic E-state index is 0.0913. The molecule has 4 aromatic carbocycles. The van der Waals surface area contributed by atoms with Gasteiger partial charge in [-0.1, -0.05) is 121 Å². The monoisotopic (exact) mass is 391 g/mol. The van der Waals surface area contributed by atoms with E-state index in [4.69, 9.17) is 0 Å². The first-order valence-electron chi connectivity index (χ1n) is 10.7. The lowest BCUT2D eigenvalue weighted by atomic mass is 9.77. The Morgan fingerprint density at radius 3 is 1.77 bits per heavy atom. The third kappa shape index (κ3) is 4.37. The zero-order valence-corrected chi connectivity index (χ0v) is 17.6. The van der Waals surface area contributed by atoms with Crippen LogP contribution in [0.4, 0.5) is 0 Å². The second kappa shape index (κ2) is 9.56. The molecule has 0 aliphatic carbocycles. The number of rotatable bonds is 3. The molecule has 0 amide bonds. The lowest BCUT2D eigenvalue weighted by molar-refractivity contribution is 0.117. The van der Waals surface area contributed by atoms with E-state index >= 15 is 0 Å². The molecule has 0 saturated carbocycles. The van der Waals surface area contributed by atoms with Crippen LogP contribution < -0.4 is 0 Å². The van der Waals surface area contributed by atoms with Gasteiger partial charge in [-0.05, 0) is 35.6 Å². The molecule has 1 heteroatoms. The summed E-state index contributed by atoms with van der Waals surface area (Å²) in [6.45, 7) is 4.43. The SMILES string of the molecule is CC1(c2ccccc2)c2ccccc2CCN1Cc1ccccc1.c1ccccc1. The van der Waals surface area contributed by atoms with Crippen LogP contribution in [0.25, 0.3) is 0 Å². The second-order valence-electron chi connectivity index (χ2n) is 7.91. The fourth-order valence-corrected chi connectivity index (χ4v) is 4.39. The Labute approximate surface area is 180 Å². The average molecular weight is 392 g/mol. The molecule has 0 fully saturated rings. The number of nitrogens with zero attached hydrogens (tertiary/aromatic N) is 1. The van der Waals surface area contributed by atoms with Crippen LogP contribution in [-0.2, 0) is 18.5 Å². The molecule has 1 atom stereocenters. The molecule has 4 aromatic rings. The largest absolute Gasteiger partial charge is 0.285 e. The van der Waals surface area contributed by atoms with Gasteiger partial charge in [-0.3, -0.25) is 4.90 Å². The summed E-state index contributed by atoms with van der Waals surface area (Å²) in [4.78, 5) is 2.62. The maximum Gasteiger partial charge on any atom is 0.0692 e. The lowest BCUT2D eigenvalue weighted by Gasteiger charge is -2.47. The lowest BCUT2D eigenvalue weighted by Crippen LogP contribution is -2.48. The number of hydrogen-bond acceptors (Lipinski definition) is 1. The van der Waals surface area contributed by atoms with Gasteiger partial charge >= 0.3 is 0 Å². The van der Waals surface area contributed by atoms with E-state index < -0.39 is 0 Å². The van der Waals surface area contributed by atoms with Crippen molar-refractivity contribution in [3.63, 3.8) is 0 Å². The Balaban J connectivity index is 0.000000313. The fraction of sp³-hybridized carbons (Fsp3) is 0.172. The van der Waals surface area contributed by atoms with Crippen LogP contribution in [0, 0.1) is 0 Å². The van der Waals surface area contributed by atoms with Crippen LogP contribution >= 0.6 is 0 Å². The first-order valence-corrected chi connectivity index (χ1v) is 10.7. The molecule has 1 heterocycles. The van der Waals surface area contributed by atoms with Gasteiger partial charge in [0.05, 0.1) is 5.54 Å². The van der Waals surface area contributed by atoms with Crippen LogP contribution in [0.2, 0.25) is 0 Å². The van der Waals surface area contributed by atoms with Gasteiger partial charge in [0.1, 0.15) is 0 Å². The molecule has 0 aromatic heterocycles. The highest BCUT2D eigenvalue weighted by Gasteiger charge is 2.39. The molecule has 0 spiro atoms. The smallest absolute Gasteiger partial charge is 0.0692 e. The van der Waals surface area contributed by atoms with Gasteiger partial charge in [0.25, 0.3) is 0 Å². The Morgan fingerprint density at radius 2 is 1.13 bits per heavy atom. The Hall–Kier alpha value is -3.16. The molecule has 0 saturated heterocycles. The highest BCUT2D eigenvalue weighted by Crippen LogP contribution is 2.41. The van der Waals surface area contributed by atoms with Crippen molar-refractivity contribution in [3.05, 3.63) is 144 Å². The quantitative estimate of drug-likeness (QED) is 0.376. The summed E-state index contributed by atoms with van der Waals surface area (Å²) in [6, 6.07) is 42.7. The Morgan fingerprint density at radius 1 is 0.633 bits per heavy atom. The van der Waals surface area contributed by atoms with Crippen molar-refractivity contribution in [2.24, 2.45) is 0 Å². The predicted molar refractivity (Wildman–Crippen MR) is 126 cm³/mol. The van der Waals surface area contributed by atoms with Crippen molar-refractivity contribution in [2.45, 2.75) is 25.4 Å². The predicted octanol–water partition coefficient (Wildman–Crippen LogP) is 6.70. The van der Waals surface area contributed by atoms with E-state index in [0.717, 1.165) is 19.5 Å². The van der Waals surface area contributed by atoms with Crippen LogP contribution in [0.3, 0.4) is 0 Å². The van der Waals surface area contributed by atoms with Gasteiger partial charge in [0, 0.05) is 13.1 Å². The van der Waals surface area contributed by atoms with Gasteiger partial charge in [-0.15, -0.1) is 0 Å². The highest BCUT2D eigenvalue weighted by molar-refractivity contribution is 5.44. The van der Waals surface area contributed by atoms with Gasteiger partial charge in [0.15, 0.2) is 0 Å². The third-order valence-electron chi connectivity index (χ3n) is 6.04. The van der Waals surface area contributed by atoms with Crippen LogP contribution in [0.5, 0.6) is 0 Å². The van der Waals surface area contributed by atoms with E-state index in [2.05, 4.69) is 96.8 Å². The summed E-state index contributed by atoms with van der Waals surface area (Å²) in [5, 5.41) is 0. The van der Waals surface area contributed by atoms with Crippen molar-refractivity contribution >= 4 is 0 Å². The first-order chi connectivity index (χ1) is 14.8. The van der Waals surface area contributed by atoms with Crippen molar-refractivity contribution in [2.75, 3.05) is 6.54 Å². The third-order valence-corrected chi connectivity index (χ3v) is 6.04. The molecule has 0 N–H and O–H groups in total. The van der Waals surface area contributed by atoms with E-state index in [9.17, 15) is 0 Å². The highest BCUT2D eigenvalue weighted by atomic mass is 15.2. The summed E-state index contributed by atoms with van der Waals surface area (Å²) in [6.07, 6.45) is 1.12. The molecule has 0 radical (unpaired) electrons. The van der Waals surface area contributed by atoms with Crippen LogP contribution in [-0.4, -0.2) is 11.4 Å². The van der Waals surface area contributed by atoms with Crippen molar-refractivity contribution in [1.29, 1.82) is 0 Å². The van der Waals surface area contributed by atoms with Crippen LogP contribution in [0.15, 0.2) is 121 Å². The molecule has 5 rings (SSSR count). The Kier molecular flexibility index (Phi) is 6.41. The molecule has 1 nitrogen and oxygen atoms in total. The minimum atomic E-state index is -0.0913. The summed E-state index contributed by atoms with van der Waals surface area (Å²) in [5.74, 6) is 0. The van der Waals surface area contributed by atoms with Crippen molar-refractivity contribution < 1.29 is 0 Å². The van der Waals surface area contributed by atoms with E-state index in [1.54, 1.807) is 0 Å². The average Bonchev–Trinajstić information content (AvgIpc) is 2.84. The van der Waals surface area contributed by atoms with Gasteiger partial charge in [0.2, 0.25) is 0 Å². The molecular formula is C29H29N. The second-order valence-corrected chi connectivity index (χ2v) is 7.91. The number of benzene rings is 4. The number of fused-ring (bicyclic) bond motifs is 1. The zero-order chi connectivity index (χ0) is 20.7. The maximum absolute atomic E-state index is 2.62. The van der Waals surface area contributed by atoms with Crippen molar-refractivity contribution in [3.8, 4) is 0 Å². The maximum atomic E-state index is 2.62. The molecule has 1 aliphatic heterocycles. The normalized spacial score (nSPS) is 18.0. The summed E-state index contributed by atoms with van der Waals surface area (Å²) in [5.41, 5.74) is 5.57. The molecule has 0 bridgehead atoms. The topological polar surface area (TPSA) is 3.24 Å². The molecule has 1 unspecified atom stereocenters. The summed E-state index contributed by atoms with van der Waals surface area (Å²) < 4.78 is 0. The van der Waals surface area contributed by atoms with E-state index in [1.807, 2.05) is 36.4 Å². The van der Waals surface area contributed by atoms with E-state index in [-0.39, 0.29) is 5.54 Å². The summed E-state index contributed by atoms with van der Waals surface area (Å²) >= 11 is 0. The number of hydrogen-bond donors (Lipinski definition) is 0. The van der Waals surface area contributed by atoms with Crippen LogP contribution in [0.1, 0.15) is 29.2 Å². The summed E-state index contributed by atoms with van der Waals surface area (Å²) in [7, 11) is 0. The standard InChI is InChI=1S/C23H23N.C6H6/c1-23(21-13-6-3-7-14-21)22-15-9-8-12-20(22)16-17-24(23)18-19-10-4-2-5-11-19;1-2-4-6-5-3-1/h2-15H,16-18H2,1H3;1-6H. The van der Waals surface area contributed by atoms with Gasteiger partial charge < -0.3 is 0 Å². The van der Waals surface area contributed by atoms with Gasteiger partial charge in [-0.2, -0.15) is 0 Å². The van der Waals surface area contributed by atoms with E-state index in [1.165, 1.54) is 22.3 Å². The fourth-order valence-electron chi connectivity index (χ4n) is 4.39. The van der Waals surface area contributed by atoms with Crippen molar-refractivity contribution in [1.82, 2.24) is 4.90 Å². The van der Waals surface area contributed by atoms with E-state index in [0.29, 0.717) is 0 Å². The molecular weight excluding hydrogens is 362 g/mol. The zero-order valence-electron chi connectivity index (χ0n) is 17.6. The molecule has 150 valence electrons. The molecule has 1 aliphatic rings. The minimum Gasteiger partial charge on any atom is -0.285 e. The first kappa shape index (κ1) is 20.1. The molecule has 30 heavy (non-hydrogen) atoms.